The molecule has 0 saturated heterocycles. The van der Waals surface area contributed by atoms with Gasteiger partial charge in [0.05, 0.1) is 19.7 Å². The molecule has 3 rings (SSSR count). The number of benzene rings is 1. The van der Waals surface area contributed by atoms with E-state index in [9.17, 15) is 4.79 Å². The summed E-state index contributed by atoms with van der Waals surface area (Å²) in [6.45, 7) is 1.77. The molecule has 9 heteroatoms. The van der Waals surface area contributed by atoms with Crippen LogP contribution >= 0.6 is 0 Å². The van der Waals surface area contributed by atoms with Crippen LogP contribution in [-0.2, 0) is 16.0 Å². The lowest BCUT2D eigenvalue weighted by Gasteiger charge is -2.19. The number of nitrogens with zero attached hydrogens (tertiary/aromatic N) is 5. The second kappa shape index (κ2) is 8.30. The second-order valence-electron chi connectivity index (χ2n) is 5.96. The van der Waals surface area contributed by atoms with Crippen LogP contribution in [0.4, 0.5) is 17.3 Å². The van der Waals surface area contributed by atoms with Crippen molar-refractivity contribution >= 4 is 23.3 Å². The first kappa shape index (κ1) is 19.0. The van der Waals surface area contributed by atoms with Gasteiger partial charge in [-0.15, -0.1) is 0 Å². The molecule has 0 atom stereocenters. The third-order valence-corrected chi connectivity index (χ3v) is 3.97. The van der Waals surface area contributed by atoms with Crippen molar-refractivity contribution in [1.29, 1.82) is 0 Å². The lowest BCUT2D eigenvalue weighted by Crippen LogP contribution is -2.15. The molecule has 144 valence electrons. The van der Waals surface area contributed by atoms with Crippen LogP contribution in [0.1, 0.15) is 11.4 Å². The highest BCUT2D eigenvalue weighted by molar-refractivity contribution is 5.72. The lowest BCUT2D eigenvalue weighted by atomic mass is 10.1. The van der Waals surface area contributed by atoms with Gasteiger partial charge in [0.15, 0.2) is 5.82 Å². The summed E-state index contributed by atoms with van der Waals surface area (Å²) in [5, 5.41) is 0. The molecule has 0 saturated carbocycles. The van der Waals surface area contributed by atoms with Crippen molar-refractivity contribution in [2.75, 3.05) is 24.8 Å². The van der Waals surface area contributed by atoms with Gasteiger partial charge in [-0.3, -0.25) is 4.79 Å². The number of carbonyl (C=O) groups excluding carboxylic acids is 1. The van der Waals surface area contributed by atoms with Crippen LogP contribution in [0.2, 0.25) is 0 Å². The molecule has 2 heterocycles. The Hall–Kier alpha value is -3.75. The summed E-state index contributed by atoms with van der Waals surface area (Å²) in [4.78, 5) is 29.8. The number of anilines is 3. The first-order valence-electron chi connectivity index (χ1n) is 8.44. The molecule has 2 aromatic heterocycles. The number of methoxy groups -OCH3 is 1. The van der Waals surface area contributed by atoms with Gasteiger partial charge >= 0.3 is 5.97 Å². The van der Waals surface area contributed by atoms with Crippen molar-refractivity contribution < 1.29 is 14.3 Å². The largest absolute Gasteiger partial charge is 0.469 e. The van der Waals surface area contributed by atoms with Gasteiger partial charge in [0, 0.05) is 13.1 Å². The zero-order valence-corrected chi connectivity index (χ0v) is 15.8. The van der Waals surface area contributed by atoms with Gasteiger partial charge in [0.1, 0.15) is 29.4 Å². The molecular formula is C19H20N6O3. The van der Waals surface area contributed by atoms with Crippen LogP contribution in [0.15, 0.2) is 42.9 Å². The number of esters is 1. The third-order valence-electron chi connectivity index (χ3n) is 3.97. The SMILES string of the molecule is COC(=O)Cc1ccc(Oc2cc(N(C)c3cnc(C)nc3N)ncn2)cc1. The first-order chi connectivity index (χ1) is 13.5. The van der Waals surface area contributed by atoms with E-state index in [1.165, 1.54) is 13.4 Å². The average Bonchev–Trinajstić information content (AvgIpc) is 2.69. The number of rotatable bonds is 6. The van der Waals surface area contributed by atoms with Gasteiger partial charge in [0.25, 0.3) is 0 Å². The molecule has 0 spiro atoms. The van der Waals surface area contributed by atoms with Crippen LogP contribution in [0.3, 0.4) is 0 Å². The highest BCUT2D eigenvalue weighted by Crippen LogP contribution is 2.28. The smallest absolute Gasteiger partial charge is 0.309 e. The Balaban J connectivity index is 1.75. The van der Waals surface area contributed by atoms with Gasteiger partial charge < -0.3 is 20.1 Å². The maximum Gasteiger partial charge on any atom is 0.309 e. The fourth-order valence-electron chi connectivity index (χ4n) is 2.47. The first-order valence-corrected chi connectivity index (χ1v) is 8.44. The fraction of sp³-hybridized carbons (Fsp3) is 0.211. The molecule has 3 aromatic rings. The quantitative estimate of drug-likeness (QED) is 0.643. The highest BCUT2D eigenvalue weighted by atomic mass is 16.5. The van der Waals surface area contributed by atoms with Crippen LogP contribution in [-0.4, -0.2) is 40.1 Å². The summed E-state index contributed by atoms with van der Waals surface area (Å²) in [5.74, 6) is 2.18. The predicted octanol–water partition coefficient (Wildman–Crippen LogP) is 2.43. The maximum atomic E-state index is 11.3. The van der Waals surface area contributed by atoms with Crippen LogP contribution in [0, 0.1) is 6.92 Å². The van der Waals surface area contributed by atoms with Crippen LogP contribution < -0.4 is 15.4 Å². The molecule has 0 aliphatic rings. The summed E-state index contributed by atoms with van der Waals surface area (Å²) >= 11 is 0. The minimum atomic E-state index is -0.295. The van der Waals surface area contributed by atoms with Crippen molar-refractivity contribution in [2.24, 2.45) is 0 Å². The monoisotopic (exact) mass is 380 g/mol. The summed E-state index contributed by atoms with van der Waals surface area (Å²) < 4.78 is 10.4. The number of ether oxygens (including phenoxy) is 2. The van der Waals surface area contributed by atoms with E-state index in [2.05, 4.69) is 24.7 Å². The molecule has 9 nitrogen and oxygen atoms in total. The van der Waals surface area contributed by atoms with Crippen molar-refractivity contribution in [3.63, 3.8) is 0 Å². The number of hydrogen-bond donors (Lipinski definition) is 1. The van der Waals surface area contributed by atoms with Gasteiger partial charge in [-0.25, -0.2) is 19.9 Å². The van der Waals surface area contributed by atoms with E-state index in [1.807, 2.05) is 0 Å². The number of carbonyl (C=O) groups is 1. The molecule has 0 radical (unpaired) electrons. The topological polar surface area (TPSA) is 116 Å². The molecule has 0 aliphatic heterocycles. The van der Waals surface area contributed by atoms with Crippen molar-refractivity contribution in [1.82, 2.24) is 19.9 Å². The number of nitrogen functional groups attached to an aromatic ring is 1. The number of hydrogen-bond acceptors (Lipinski definition) is 9. The Morgan fingerprint density at radius 3 is 2.61 bits per heavy atom. The third kappa shape index (κ3) is 4.50. The summed E-state index contributed by atoms with van der Waals surface area (Å²) in [7, 11) is 3.16. The maximum absolute atomic E-state index is 11.3. The standard InChI is InChI=1S/C19H20N6O3/c1-12-21-10-15(19(20)24-12)25(2)16-9-17(23-11-22-16)28-14-6-4-13(5-7-14)8-18(26)27-3/h4-7,9-11H,8H2,1-3H3,(H2,20,21,24). The van der Waals surface area contributed by atoms with E-state index in [-0.39, 0.29) is 12.4 Å². The summed E-state index contributed by atoms with van der Waals surface area (Å²) in [6, 6.07) is 8.79. The van der Waals surface area contributed by atoms with Gasteiger partial charge in [0.2, 0.25) is 5.88 Å². The Bertz CT molecular complexity index is 978. The fourth-order valence-corrected chi connectivity index (χ4v) is 2.47. The molecule has 0 unspecified atom stereocenters. The number of aryl methyl sites for hydroxylation is 1. The van der Waals surface area contributed by atoms with E-state index in [4.69, 9.17) is 10.5 Å². The van der Waals surface area contributed by atoms with E-state index >= 15 is 0 Å². The molecular weight excluding hydrogens is 360 g/mol. The second-order valence-corrected chi connectivity index (χ2v) is 5.96. The summed E-state index contributed by atoms with van der Waals surface area (Å²) in [5.41, 5.74) is 7.44. The molecule has 0 amide bonds. The van der Waals surface area contributed by atoms with Crippen LogP contribution in [0.25, 0.3) is 0 Å². The van der Waals surface area contributed by atoms with Gasteiger partial charge in [-0.1, -0.05) is 12.1 Å². The average molecular weight is 380 g/mol. The van der Waals surface area contributed by atoms with E-state index < -0.39 is 0 Å². The van der Waals surface area contributed by atoms with Crippen LogP contribution in [0.5, 0.6) is 11.6 Å². The Morgan fingerprint density at radius 1 is 1.18 bits per heavy atom. The van der Waals surface area contributed by atoms with Crippen molar-refractivity contribution in [2.45, 2.75) is 13.3 Å². The number of nitrogens with two attached hydrogens (primary N) is 1. The minimum absolute atomic E-state index is 0.208. The van der Waals surface area contributed by atoms with Crippen molar-refractivity contribution in [3.05, 3.63) is 54.2 Å². The summed E-state index contributed by atoms with van der Waals surface area (Å²) in [6.07, 6.45) is 3.25. The zero-order valence-electron chi connectivity index (χ0n) is 15.8. The molecule has 0 fully saturated rings. The Morgan fingerprint density at radius 2 is 1.93 bits per heavy atom. The Labute approximate surface area is 162 Å². The molecule has 2 N–H and O–H groups in total. The zero-order chi connectivity index (χ0) is 20.1. The molecule has 0 bridgehead atoms. The lowest BCUT2D eigenvalue weighted by molar-refractivity contribution is -0.139. The normalized spacial score (nSPS) is 10.4. The van der Waals surface area contributed by atoms with Crippen molar-refractivity contribution in [3.8, 4) is 11.6 Å². The number of aromatic nitrogens is 4. The van der Waals surface area contributed by atoms with Gasteiger partial charge in [-0.2, -0.15) is 0 Å². The molecule has 28 heavy (non-hydrogen) atoms. The van der Waals surface area contributed by atoms with E-state index in [1.54, 1.807) is 55.4 Å². The predicted molar refractivity (Wildman–Crippen MR) is 104 cm³/mol. The molecule has 1 aromatic carbocycles. The van der Waals surface area contributed by atoms with Gasteiger partial charge in [-0.05, 0) is 24.6 Å². The van der Waals surface area contributed by atoms with E-state index in [0.29, 0.717) is 34.8 Å². The molecule has 0 aliphatic carbocycles. The highest BCUT2D eigenvalue weighted by Gasteiger charge is 2.12. The minimum Gasteiger partial charge on any atom is -0.469 e. The Kier molecular flexibility index (Phi) is 5.64. The van der Waals surface area contributed by atoms with E-state index in [0.717, 1.165) is 5.56 Å².